The second kappa shape index (κ2) is 4.25. The molecule has 16 heavy (non-hydrogen) atoms. The van der Waals surface area contributed by atoms with Gasteiger partial charge in [0.1, 0.15) is 5.01 Å². The van der Waals surface area contributed by atoms with Crippen LogP contribution in [0.15, 0.2) is 4.79 Å². The molecule has 0 N–H and O–H groups in total. The van der Waals surface area contributed by atoms with Crippen LogP contribution in [0, 0.1) is 0 Å². The minimum Gasteiger partial charge on any atom is -0.255 e. The van der Waals surface area contributed by atoms with Gasteiger partial charge in [-0.05, 0) is 0 Å². The zero-order chi connectivity index (χ0) is 12.6. The maximum atomic E-state index is 12.3. The third-order valence-electron chi connectivity index (χ3n) is 1.79. The molecule has 8 heteroatoms. The number of aryl methyl sites for hydroxylation is 1. The number of nitrogens with zero attached hydrogens (tertiary/aromatic N) is 2. The van der Waals surface area contributed by atoms with E-state index in [0.717, 1.165) is 16.0 Å². The molecule has 0 radical (unpaired) electrons. The van der Waals surface area contributed by atoms with Crippen LogP contribution in [0.3, 0.4) is 0 Å². The van der Waals surface area contributed by atoms with Crippen molar-refractivity contribution in [3.8, 4) is 0 Å². The van der Waals surface area contributed by atoms with E-state index in [4.69, 9.17) is 0 Å². The van der Waals surface area contributed by atoms with Gasteiger partial charge in [0.25, 0.3) is 0 Å². The van der Waals surface area contributed by atoms with Crippen molar-refractivity contribution in [2.24, 2.45) is 0 Å². The molecule has 1 aromatic rings. The second-order valence-corrected chi connectivity index (χ2v) is 6.82. The summed E-state index contributed by atoms with van der Waals surface area (Å²) in [4.78, 5) is 11.0. The number of aromatic nitrogens is 2. The molecule has 5 nitrogen and oxygen atoms in total. The standard InChI is InChI=1S/C8H13FN2O3S2/c1-8(2,3)6-10-11(7(12)15-6)4-5-16(9,13)14/h4-5H2,1-3H3. The SMILES string of the molecule is CC(C)(C)c1nn(CCS(=O)(=O)F)c(=O)s1. The fourth-order valence-corrected chi connectivity index (χ4v) is 2.19. The summed E-state index contributed by atoms with van der Waals surface area (Å²) in [6, 6.07) is 0. The number of hydrogen-bond acceptors (Lipinski definition) is 5. The highest BCUT2D eigenvalue weighted by molar-refractivity contribution is 7.86. The molecule has 0 saturated carbocycles. The van der Waals surface area contributed by atoms with Crippen LogP contribution in [0.2, 0.25) is 0 Å². The Bertz CT molecular complexity index is 524. The number of rotatable bonds is 3. The molecule has 0 fully saturated rings. The van der Waals surface area contributed by atoms with Gasteiger partial charge in [-0.25, -0.2) is 4.68 Å². The van der Waals surface area contributed by atoms with Gasteiger partial charge in [-0.1, -0.05) is 32.1 Å². The molecule has 0 amide bonds. The molecule has 0 aliphatic carbocycles. The molecule has 0 atom stereocenters. The summed E-state index contributed by atoms with van der Waals surface area (Å²) in [5.41, 5.74) is -0.274. The Hall–Kier alpha value is -0.760. The lowest BCUT2D eigenvalue weighted by molar-refractivity contribution is 0.523. The summed E-state index contributed by atoms with van der Waals surface area (Å²) in [7, 11) is -4.56. The summed E-state index contributed by atoms with van der Waals surface area (Å²) in [6.45, 7) is 5.43. The molecule has 0 aliphatic rings. The van der Waals surface area contributed by atoms with Gasteiger partial charge in [0.15, 0.2) is 0 Å². The van der Waals surface area contributed by atoms with E-state index in [2.05, 4.69) is 5.10 Å². The normalized spacial score (nSPS) is 13.0. The van der Waals surface area contributed by atoms with E-state index < -0.39 is 16.0 Å². The van der Waals surface area contributed by atoms with Crippen LogP contribution >= 0.6 is 11.3 Å². The average Bonchev–Trinajstić information content (AvgIpc) is 2.41. The third-order valence-corrected chi connectivity index (χ3v) is 3.74. The Kier molecular flexibility index (Phi) is 3.53. The van der Waals surface area contributed by atoms with Gasteiger partial charge in [-0.15, -0.1) is 3.89 Å². The van der Waals surface area contributed by atoms with Crippen LogP contribution in [-0.2, 0) is 22.2 Å². The summed E-state index contributed by atoms with van der Waals surface area (Å²) in [6.07, 6.45) is 0. The van der Waals surface area contributed by atoms with Gasteiger partial charge < -0.3 is 0 Å². The molecule has 0 aromatic carbocycles. The van der Waals surface area contributed by atoms with Crippen LogP contribution in [0.5, 0.6) is 0 Å². The summed E-state index contributed by atoms with van der Waals surface area (Å²) in [5.74, 6) is -0.722. The predicted molar refractivity (Wildman–Crippen MR) is 60.0 cm³/mol. The first-order chi connectivity index (χ1) is 7.09. The van der Waals surface area contributed by atoms with Crippen LogP contribution in [-0.4, -0.2) is 24.0 Å². The zero-order valence-corrected chi connectivity index (χ0v) is 10.9. The summed E-state index contributed by atoms with van der Waals surface area (Å²) in [5, 5.41) is 4.58. The van der Waals surface area contributed by atoms with E-state index in [1.54, 1.807) is 0 Å². The minimum atomic E-state index is -4.56. The van der Waals surface area contributed by atoms with Gasteiger partial charge >= 0.3 is 15.1 Å². The zero-order valence-electron chi connectivity index (χ0n) is 9.23. The smallest absolute Gasteiger partial charge is 0.255 e. The van der Waals surface area contributed by atoms with Crippen molar-refractivity contribution >= 4 is 21.6 Å². The molecule has 0 aliphatic heterocycles. The average molecular weight is 268 g/mol. The lowest BCUT2D eigenvalue weighted by atomic mass is 9.98. The molecule has 1 rings (SSSR count). The van der Waals surface area contributed by atoms with Gasteiger partial charge in [-0.2, -0.15) is 13.5 Å². The quantitative estimate of drug-likeness (QED) is 0.764. The molecule has 1 heterocycles. The number of halogens is 1. The Morgan fingerprint density at radius 1 is 1.44 bits per heavy atom. The van der Waals surface area contributed by atoms with E-state index in [9.17, 15) is 17.1 Å². The lowest BCUT2D eigenvalue weighted by Crippen LogP contribution is -2.20. The first-order valence-corrected chi connectivity index (χ1v) is 6.97. The van der Waals surface area contributed by atoms with Crippen LogP contribution < -0.4 is 4.87 Å². The molecule has 92 valence electrons. The van der Waals surface area contributed by atoms with Crippen molar-refractivity contribution < 1.29 is 12.3 Å². The molecule has 0 bridgehead atoms. The molecular weight excluding hydrogens is 255 g/mol. The maximum Gasteiger partial charge on any atom is 0.325 e. The van der Waals surface area contributed by atoms with Gasteiger partial charge in [0.2, 0.25) is 0 Å². The van der Waals surface area contributed by atoms with Crippen LogP contribution in [0.25, 0.3) is 0 Å². The summed E-state index contributed by atoms with van der Waals surface area (Å²) < 4.78 is 33.9. The van der Waals surface area contributed by atoms with Gasteiger partial charge in [0, 0.05) is 5.41 Å². The highest BCUT2D eigenvalue weighted by atomic mass is 32.3. The van der Waals surface area contributed by atoms with E-state index in [1.807, 2.05) is 20.8 Å². The second-order valence-electron chi connectivity index (χ2n) is 4.39. The largest absolute Gasteiger partial charge is 0.325 e. The van der Waals surface area contributed by atoms with Gasteiger partial charge in [-0.3, -0.25) is 4.79 Å². The van der Waals surface area contributed by atoms with Crippen molar-refractivity contribution in [2.45, 2.75) is 32.7 Å². The van der Waals surface area contributed by atoms with Crippen LogP contribution in [0.1, 0.15) is 25.8 Å². The monoisotopic (exact) mass is 268 g/mol. The Balaban J connectivity index is 2.92. The van der Waals surface area contributed by atoms with Crippen molar-refractivity contribution in [3.05, 3.63) is 14.7 Å². The van der Waals surface area contributed by atoms with Crippen molar-refractivity contribution in [3.63, 3.8) is 0 Å². The highest BCUT2D eigenvalue weighted by Crippen LogP contribution is 2.21. The van der Waals surface area contributed by atoms with E-state index >= 15 is 0 Å². The third kappa shape index (κ3) is 3.67. The molecule has 1 aromatic heterocycles. The van der Waals surface area contributed by atoms with E-state index in [1.165, 1.54) is 0 Å². The van der Waals surface area contributed by atoms with Crippen molar-refractivity contribution in [1.29, 1.82) is 0 Å². The van der Waals surface area contributed by atoms with Gasteiger partial charge in [0.05, 0.1) is 12.3 Å². The highest BCUT2D eigenvalue weighted by Gasteiger charge is 2.20. The Morgan fingerprint density at radius 3 is 2.38 bits per heavy atom. The Labute approximate surface area is 97.1 Å². The summed E-state index contributed by atoms with van der Waals surface area (Å²) >= 11 is 0.951. The van der Waals surface area contributed by atoms with Crippen molar-refractivity contribution in [1.82, 2.24) is 9.78 Å². The number of hydrogen-bond donors (Lipinski definition) is 0. The van der Waals surface area contributed by atoms with E-state index in [0.29, 0.717) is 5.01 Å². The fourth-order valence-electron chi connectivity index (χ4n) is 0.946. The molecule has 0 saturated heterocycles. The van der Waals surface area contributed by atoms with Crippen molar-refractivity contribution in [2.75, 3.05) is 5.75 Å². The van der Waals surface area contributed by atoms with E-state index in [-0.39, 0.29) is 16.8 Å². The first-order valence-electron chi connectivity index (χ1n) is 4.60. The maximum absolute atomic E-state index is 12.3. The predicted octanol–water partition coefficient (Wildman–Crippen LogP) is 0.902. The molecule has 0 spiro atoms. The lowest BCUT2D eigenvalue weighted by Gasteiger charge is -2.12. The first kappa shape index (κ1) is 13.3. The van der Waals surface area contributed by atoms with Crippen LogP contribution in [0.4, 0.5) is 3.89 Å². The molecular formula is C8H13FN2O3S2. The molecule has 0 unspecified atom stereocenters. The minimum absolute atomic E-state index is 0.246. The fraction of sp³-hybridized carbons (Fsp3) is 0.750. The Morgan fingerprint density at radius 2 is 2.00 bits per heavy atom. The topological polar surface area (TPSA) is 69.0 Å².